The number of carbonyl (C=O) groups excluding carboxylic acids is 2. The van der Waals surface area contributed by atoms with Gasteiger partial charge in [0.1, 0.15) is 12.4 Å². The molecule has 41 heavy (non-hydrogen) atoms. The number of carbonyl (C=O) groups is 2. The third kappa shape index (κ3) is 7.78. The van der Waals surface area contributed by atoms with Gasteiger partial charge < -0.3 is 19.5 Å². The third-order valence-electron chi connectivity index (χ3n) is 7.41. The van der Waals surface area contributed by atoms with E-state index in [1.165, 1.54) is 7.11 Å². The van der Waals surface area contributed by atoms with Crippen LogP contribution in [-0.4, -0.2) is 77.8 Å². The highest BCUT2D eigenvalue weighted by molar-refractivity contribution is 7.92. The highest BCUT2D eigenvalue weighted by Crippen LogP contribution is 2.39. The normalized spacial score (nSPS) is 16.0. The Labute approximate surface area is 242 Å². The van der Waals surface area contributed by atoms with Gasteiger partial charge in [-0.15, -0.1) is 0 Å². The van der Waals surface area contributed by atoms with E-state index in [-0.39, 0.29) is 22.5 Å². The lowest BCUT2D eigenvalue weighted by atomic mass is 9.85. The van der Waals surface area contributed by atoms with Crippen LogP contribution >= 0.6 is 0 Å². The van der Waals surface area contributed by atoms with Gasteiger partial charge in [-0.2, -0.15) is 0 Å². The van der Waals surface area contributed by atoms with Crippen LogP contribution in [0.2, 0.25) is 0 Å². The highest BCUT2D eigenvalue weighted by Gasteiger charge is 2.28. The van der Waals surface area contributed by atoms with Gasteiger partial charge in [0.15, 0.2) is 5.75 Å². The molecule has 0 aromatic heterocycles. The molecule has 1 aliphatic heterocycles. The van der Waals surface area contributed by atoms with Gasteiger partial charge in [-0.25, -0.2) is 8.42 Å². The maximum atomic E-state index is 13.5. The number of anilines is 2. The number of sulfonamides is 1. The van der Waals surface area contributed by atoms with Crippen molar-refractivity contribution in [3.05, 3.63) is 46.5 Å². The van der Waals surface area contributed by atoms with E-state index in [1.807, 2.05) is 20.8 Å². The van der Waals surface area contributed by atoms with Gasteiger partial charge in [0, 0.05) is 25.2 Å². The number of ether oxygens (including phenoxy) is 3. The van der Waals surface area contributed by atoms with E-state index < -0.39 is 21.7 Å². The van der Waals surface area contributed by atoms with Crippen molar-refractivity contribution in [1.29, 1.82) is 0 Å². The number of hydrogen-bond acceptors (Lipinski definition) is 8. The van der Waals surface area contributed by atoms with Crippen LogP contribution in [0.5, 0.6) is 11.5 Å². The minimum absolute atomic E-state index is 0.121. The molecule has 1 heterocycles. The summed E-state index contributed by atoms with van der Waals surface area (Å²) in [6.45, 7) is 10.5. The van der Waals surface area contributed by atoms with E-state index in [4.69, 9.17) is 14.2 Å². The van der Waals surface area contributed by atoms with E-state index >= 15 is 0 Å². The van der Waals surface area contributed by atoms with Gasteiger partial charge in [-0.05, 0) is 72.1 Å². The van der Waals surface area contributed by atoms with Crippen LogP contribution < -0.4 is 19.5 Å². The van der Waals surface area contributed by atoms with Gasteiger partial charge in [-0.1, -0.05) is 20.8 Å². The Morgan fingerprint density at radius 1 is 1.02 bits per heavy atom. The molecule has 2 aromatic carbocycles. The Morgan fingerprint density at radius 3 is 2.32 bits per heavy atom. The second kappa shape index (κ2) is 12.8. The first-order chi connectivity index (χ1) is 19.4. The fourth-order valence-corrected chi connectivity index (χ4v) is 5.79. The van der Waals surface area contributed by atoms with Crippen molar-refractivity contribution in [3.63, 3.8) is 0 Å². The second-order valence-corrected chi connectivity index (χ2v) is 13.3. The average molecular weight is 588 g/mol. The molecule has 1 fully saturated rings. The Balaban J connectivity index is 1.58. The van der Waals surface area contributed by atoms with Gasteiger partial charge >= 0.3 is 0 Å². The molecule has 0 radical (unpaired) electrons. The molecule has 0 unspecified atom stereocenters. The molecular formula is C30H41N3O7S. The van der Waals surface area contributed by atoms with Crippen molar-refractivity contribution in [2.45, 2.75) is 51.9 Å². The fraction of sp³-hybridized carbons (Fsp3) is 0.533. The maximum absolute atomic E-state index is 13.5. The summed E-state index contributed by atoms with van der Waals surface area (Å²) in [4.78, 5) is 29.2. The molecule has 2 aliphatic rings. The predicted molar refractivity (Wildman–Crippen MR) is 159 cm³/mol. The van der Waals surface area contributed by atoms with Crippen molar-refractivity contribution in [2.24, 2.45) is 0 Å². The Hall–Kier alpha value is -3.15. The maximum Gasteiger partial charge on any atom is 0.296 e. The summed E-state index contributed by atoms with van der Waals surface area (Å²) in [7, 11) is -2.25. The number of nitrogens with one attached hydrogen (secondary N) is 2. The van der Waals surface area contributed by atoms with Gasteiger partial charge in [0.2, 0.25) is 10.0 Å². The first kappa shape index (κ1) is 30.8. The summed E-state index contributed by atoms with van der Waals surface area (Å²) in [5.74, 6) is -0.603. The number of fused-ring (bicyclic) bond motifs is 1. The minimum Gasteiger partial charge on any atom is -0.492 e. The van der Waals surface area contributed by atoms with Crippen molar-refractivity contribution < 1.29 is 32.2 Å². The van der Waals surface area contributed by atoms with Crippen LogP contribution in [0.1, 0.15) is 60.7 Å². The van der Waals surface area contributed by atoms with E-state index in [1.54, 1.807) is 24.3 Å². The summed E-state index contributed by atoms with van der Waals surface area (Å²) in [6, 6.07) is 6.85. The van der Waals surface area contributed by atoms with Gasteiger partial charge in [0.25, 0.3) is 11.7 Å². The molecule has 0 saturated carbocycles. The molecule has 224 valence electrons. The smallest absolute Gasteiger partial charge is 0.296 e. The molecule has 0 atom stereocenters. The summed E-state index contributed by atoms with van der Waals surface area (Å²) in [5, 5.41) is 2.70. The standard InChI is InChI=1S/C30H41N3O7S/c1-30(2,3)20-18-24(28(38-4)25(19-20)32-41(5,36)37)31-29(35)27(34)23-10-11-26(22-9-7-6-8-21(22)23)40-17-14-33-12-15-39-16-13-33/h10-11,18-19,32H,6-9,12-17H2,1-5H3,(H,31,35). The third-order valence-corrected chi connectivity index (χ3v) is 8.00. The molecule has 4 rings (SSSR count). The number of methoxy groups -OCH3 is 1. The number of ketones is 1. The van der Waals surface area contributed by atoms with Crippen LogP contribution in [0, 0.1) is 0 Å². The zero-order chi connectivity index (χ0) is 29.8. The van der Waals surface area contributed by atoms with Gasteiger partial charge in [-0.3, -0.25) is 19.2 Å². The van der Waals surface area contributed by atoms with Crippen LogP contribution in [0.3, 0.4) is 0 Å². The lowest BCUT2D eigenvalue weighted by molar-refractivity contribution is -0.112. The zero-order valence-corrected chi connectivity index (χ0v) is 25.4. The molecule has 1 amide bonds. The number of hydrogen-bond donors (Lipinski definition) is 2. The van der Waals surface area contributed by atoms with Crippen molar-refractivity contribution >= 4 is 33.1 Å². The van der Waals surface area contributed by atoms with E-state index in [0.717, 1.165) is 80.8 Å². The Morgan fingerprint density at radius 2 is 1.68 bits per heavy atom. The number of rotatable bonds is 10. The van der Waals surface area contributed by atoms with Crippen LogP contribution in [0.15, 0.2) is 24.3 Å². The van der Waals surface area contributed by atoms with E-state index in [2.05, 4.69) is 14.9 Å². The first-order valence-electron chi connectivity index (χ1n) is 14.0. The summed E-state index contributed by atoms with van der Waals surface area (Å²) < 4.78 is 43.6. The van der Waals surface area contributed by atoms with Crippen molar-refractivity contribution in [3.8, 4) is 11.5 Å². The lowest BCUT2D eigenvalue weighted by Crippen LogP contribution is -2.38. The molecular weight excluding hydrogens is 546 g/mol. The van der Waals surface area contributed by atoms with E-state index in [0.29, 0.717) is 18.6 Å². The molecule has 1 aliphatic carbocycles. The summed E-state index contributed by atoms with van der Waals surface area (Å²) >= 11 is 0. The van der Waals surface area contributed by atoms with Gasteiger partial charge in [0.05, 0.1) is 38.0 Å². The Bertz CT molecular complexity index is 1390. The summed E-state index contributed by atoms with van der Waals surface area (Å²) in [5.41, 5.74) is 2.98. The van der Waals surface area contributed by atoms with Crippen LogP contribution in [0.4, 0.5) is 11.4 Å². The quantitative estimate of drug-likeness (QED) is 0.318. The monoisotopic (exact) mass is 587 g/mol. The SMILES string of the molecule is COc1c(NC(=O)C(=O)c2ccc(OCCN3CCOCC3)c3c2CCCC3)cc(C(C)(C)C)cc1NS(C)(=O)=O. The van der Waals surface area contributed by atoms with E-state index in [9.17, 15) is 18.0 Å². The summed E-state index contributed by atoms with van der Waals surface area (Å²) in [6.07, 6.45) is 4.43. The molecule has 0 bridgehead atoms. The fourth-order valence-electron chi connectivity index (χ4n) is 5.24. The van der Waals surface area contributed by atoms with Crippen LogP contribution in [0.25, 0.3) is 0 Å². The number of amides is 1. The zero-order valence-electron chi connectivity index (χ0n) is 24.6. The topological polar surface area (TPSA) is 123 Å². The number of Topliss-reactive ketones (excluding diaryl/α,β-unsaturated/α-hetero) is 1. The minimum atomic E-state index is -3.63. The molecule has 0 spiro atoms. The number of benzene rings is 2. The number of nitrogens with zero attached hydrogens (tertiary/aromatic N) is 1. The average Bonchev–Trinajstić information content (AvgIpc) is 2.92. The molecule has 2 N–H and O–H groups in total. The van der Waals surface area contributed by atoms with Crippen LogP contribution in [-0.2, 0) is 37.8 Å². The molecule has 11 heteroatoms. The van der Waals surface area contributed by atoms with Crippen molar-refractivity contribution in [1.82, 2.24) is 4.90 Å². The first-order valence-corrected chi connectivity index (χ1v) is 15.9. The predicted octanol–water partition coefficient (Wildman–Crippen LogP) is 3.78. The largest absolute Gasteiger partial charge is 0.492 e. The molecule has 1 saturated heterocycles. The number of morpholine rings is 1. The molecule has 2 aromatic rings. The lowest BCUT2D eigenvalue weighted by Gasteiger charge is -2.27. The molecule has 10 nitrogen and oxygen atoms in total. The highest BCUT2D eigenvalue weighted by atomic mass is 32.2. The second-order valence-electron chi connectivity index (χ2n) is 11.6. The Kier molecular flexibility index (Phi) is 9.61. The van der Waals surface area contributed by atoms with Crippen molar-refractivity contribution in [2.75, 3.05) is 62.9 Å².